The van der Waals surface area contributed by atoms with E-state index in [9.17, 15) is 19.3 Å². The zero-order valence-electron chi connectivity index (χ0n) is 15.3. The van der Waals surface area contributed by atoms with E-state index in [1.54, 1.807) is 6.92 Å². The molecule has 146 valence electrons. The van der Waals surface area contributed by atoms with Crippen molar-refractivity contribution >= 4 is 27.2 Å². The fourth-order valence-electron chi connectivity index (χ4n) is 3.54. The summed E-state index contributed by atoms with van der Waals surface area (Å²) in [5, 5.41) is 11.8. The summed E-state index contributed by atoms with van der Waals surface area (Å²) in [6.07, 6.45) is 2.05. The number of nitrogens with one attached hydrogen (secondary N) is 1. The molecule has 1 aromatic carbocycles. The van der Waals surface area contributed by atoms with Gasteiger partial charge in [0.1, 0.15) is 10.6 Å². The van der Waals surface area contributed by atoms with E-state index in [-0.39, 0.29) is 22.8 Å². The van der Waals surface area contributed by atoms with Gasteiger partial charge in [-0.1, -0.05) is 6.92 Å². The number of aromatic nitrogens is 2. The van der Waals surface area contributed by atoms with Crippen LogP contribution in [0, 0.1) is 21.8 Å². The highest BCUT2D eigenvalue weighted by atomic mass is 32.1. The molecule has 0 unspecified atom stereocenters. The summed E-state index contributed by atoms with van der Waals surface area (Å²) in [5.41, 5.74) is 0.487. The first-order valence-electron chi connectivity index (χ1n) is 8.98. The SMILES string of the molecule is C[C@@H]1CCc2c(sc3nc([C@H](C)Oc4cc(F)ccc4[N+](=O)[O-])[nH]c(=O)c23)C1. The maximum absolute atomic E-state index is 13.5. The maximum atomic E-state index is 13.5. The highest BCUT2D eigenvalue weighted by molar-refractivity contribution is 7.18. The van der Waals surface area contributed by atoms with Gasteiger partial charge in [-0.2, -0.15) is 0 Å². The van der Waals surface area contributed by atoms with Crippen LogP contribution in [0.3, 0.4) is 0 Å². The van der Waals surface area contributed by atoms with Gasteiger partial charge in [0, 0.05) is 17.0 Å². The van der Waals surface area contributed by atoms with E-state index < -0.39 is 16.8 Å². The molecule has 0 saturated heterocycles. The van der Waals surface area contributed by atoms with Crippen LogP contribution in [0.2, 0.25) is 0 Å². The Morgan fingerprint density at radius 2 is 2.25 bits per heavy atom. The average Bonchev–Trinajstić information content (AvgIpc) is 2.99. The predicted octanol–water partition coefficient (Wildman–Crippen LogP) is 4.30. The van der Waals surface area contributed by atoms with Gasteiger partial charge in [-0.15, -0.1) is 11.3 Å². The zero-order chi connectivity index (χ0) is 20.0. The summed E-state index contributed by atoms with van der Waals surface area (Å²) >= 11 is 1.51. The Bertz CT molecular complexity index is 1140. The maximum Gasteiger partial charge on any atom is 0.311 e. The number of nitro benzene ring substituents is 1. The van der Waals surface area contributed by atoms with Gasteiger partial charge < -0.3 is 9.72 Å². The van der Waals surface area contributed by atoms with E-state index in [0.717, 1.165) is 43.0 Å². The van der Waals surface area contributed by atoms with E-state index in [4.69, 9.17) is 4.74 Å². The Morgan fingerprint density at radius 3 is 3.00 bits per heavy atom. The van der Waals surface area contributed by atoms with Crippen LogP contribution in [0.5, 0.6) is 5.75 Å². The number of ether oxygens (including phenoxy) is 1. The number of nitrogens with zero attached hydrogens (tertiary/aromatic N) is 2. The van der Waals surface area contributed by atoms with Gasteiger partial charge in [0.05, 0.1) is 10.3 Å². The molecule has 0 fully saturated rings. The fourth-order valence-corrected chi connectivity index (χ4v) is 4.93. The van der Waals surface area contributed by atoms with Gasteiger partial charge >= 0.3 is 5.69 Å². The number of hydrogen-bond acceptors (Lipinski definition) is 6. The molecule has 0 spiro atoms. The minimum atomic E-state index is -0.796. The number of rotatable bonds is 4. The number of H-pyrrole nitrogens is 1. The topological polar surface area (TPSA) is 98.1 Å². The lowest BCUT2D eigenvalue weighted by Gasteiger charge is -2.17. The number of nitro groups is 1. The van der Waals surface area contributed by atoms with Crippen LogP contribution < -0.4 is 10.3 Å². The number of benzene rings is 1. The van der Waals surface area contributed by atoms with Crippen LogP contribution >= 0.6 is 11.3 Å². The van der Waals surface area contributed by atoms with Crippen molar-refractivity contribution in [3.8, 4) is 5.75 Å². The van der Waals surface area contributed by atoms with Crippen molar-refractivity contribution in [1.29, 1.82) is 0 Å². The van der Waals surface area contributed by atoms with Crippen LogP contribution in [0.15, 0.2) is 23.0 Å². The quantitative estimate of drug-likeness (QED) is 0.517. The molecule has 2 atom stereocenters. The highest BCUT2D eigenvalue weighted by Gasteiger charge is 2.25. The Labute approximate surface area is 163 Å². The number of thiophene rings is 1. The van der Waals surface area contributed by atoms with Crippen molar-refractivity contribution in [2.24, 2.45) is 5.92 Å². The highest BCUT2D eigenvalue weighted by Crippen LogP contribution is 2.36. The molecule has 0 bridgehead atoms. The van der Waals surface area contributed by atoms with Crippen molar-refractivity contribution in [3.63, 3.8) is 0 Å². The van der Waals surface area contributed by atoms with E-state index in [0.29, 0.717) is 16.1 Å². The molecule has 0 aliphatic heterocycles. The fraction of sp³-hybridized carbons (Fsp3) is 0.368. The molecule has 0 amide bonds. The van der Waals surface area contributed by atoms with E-state index in [1.807, 2.05) is 0 Å². The summed E-state index contributed by atoms with van der Waals surface area (Å²) < 4.78 is 19.1. The molecular formula is C19H18FN3O4S. The van der Waals surface area contributed by atoms with Crippen molar-refractivity contribution in [3.05, 3.63) is 60.7 Å². The third-order valence-electron chi connectivity index (χ3n) is 4.99. The van der Waals surface area contributed by atoms with E-state index >= 15 is 0 Å². The first-order valence-corrected chi connectivity index (χ1v) is 9.80. The third-order valence-corrected chi connectivity index (χ3v) is 6.14. The summed E-state index contributed by atoms with van der Waals surface area (Å²) in [5.74, 6) is -0.0260. The third kappa shape index (κ3) is 3.26. The molecule has 28 heavy (non-hydrogen) atoms. The largest absolute Gasteiger partial charge is 0.476 e. The normalized spacial score (nSPS) is 17.3. The van der Waals surface area contributed by atoms with Crippen LogP contribution in [-0.4, -0.2) is 14.9 Å². The summed E-state index contributed by atoms with van der Waals surface area (Å²) in [6, 6.07) is 3.00. The van der Waals surface area contributed by atoms with Crippen molar-refractivity contribution < 1.29 is 14.1 Å². The number of aromatic amines is 1. The lowest BCUT2D eigenvalue weighted by Crippen LogP contribution is -2.17. The molecule has 3 aromatic rings. The molecule has 2 aromatic heterocycles. The van der Waals surface area contributed by atoms with E-state index in [1.165, 1.54) is 16.2 Å². The minimum Gasteiger partial charge on any atom is -0.476 e. The monoisotopic (exact) mass is 403 g/mol. The summed E-state index contributed by atoms with van der Waals surface area (Å²) in [6.45, 7) is 3.80. The number of aryl methyl sites for hydroxylation is 1. The Hall–Kier alpha value is -2.81. The standard InChI is InChI=1S/C19H18FN3O4S/c1-9-3-5-12-15(7-9)28-19-16(12)18(24)21-17(22-19)10(2)27-14-8-11(20)4-6-13(14)23(25)26/h4,6,8-10H,3,5,7H2,1-2H3,(H,21,22,24)/t9-,10+/m1/s1. The Morgan fingerprint density at radius 1 is 1.46 bits per heavy atom. The van der Waals surface area contributed by atoms with Gasteiger partial charge in [0.25, 0.3) is 5.56 Å². The minimum absolute atomic E-state index is 0.209. The number of fused-ring (bicyclic) bond motifs is 3. The second kappa shape index (κ2) is 6.97. The zero-order valence-corrected chi connectivity index (χ0v) is 16.1. The Balaban J connectivity index is 1.71. The molecular weight excluding hydrogens is 385 g/mol. The van der Waals surface area contributed by atoms with Crippen molar-refractivity contribution in [2.75, 3.05) is 0 Å². The molecule has 0 radical (unpaired) electrons. The summed E-state index contributed by atoms with van der Waals surface area (Å²) in [4.78, 5) is 32.3. The first-order chi connectivity index (χ1) is 13.3. The van der Waals surface area contributed by atoms with Crippen molar-refractivity contribution in [1.82, 2.24) is 9.97 Å². The summed E-state index contributed by atoms with van der Waals surface area (Å²) in [7, 11) is 0. The molecule has 1 N–H and O–H groups in total. The van der Waals surface area contributed by atoms with Gasteiger partial charge in [0.2, 0.25) is 5.75 Å². The van der Waals surface area contributed by atoms with E-state index in [2.05, 4.69) is 16.9 Å². The molecule has 1 aliphatic rings. The lowest BCUT2D eigenvalue weighted by atomic mass is 9.89. The van der Waals surface area contributed by atoms with Crippen LogP contribution in [0.4, 0.5) is 10.1 Å². The molecule has 1 aliphatic carbocycles. The second-order valence-electron chi connectivity index (χ2n) is 7.11. The van der Waals surface area contributed by atoms with Gasteiger partial charge in [-0.05, 0) is 43.7 Å². The predicted molar refractivity (Wildman–Crippen MR) is 104 cm³/mol. The first kappa shape index (κ1) is 18.5. The number of halogens is 1. The molecule has 9 heteroatoms. The molecule has 0 saturated carbocycles. The second-order valence-corrected chi connectivity index (χ2v) is 8.20. The van der Waals surface area contributed by atoms with Crippen LogP contribution in [0.25, 0.3) is 10.2 Å². The lowest BCUT2D eigenvalue weighted by molar-refractivity contribution is -0.386. The Kier molecular flexibility index (Phi) is 4.62. The molecule has 4 rings (SSSR count). The van der Waals surface area contributed by atoms with Gasteiger partial charge in [-0.25, -0.2) is 9.37 Å². The average molecular weight is 403 g/mol. The van der Waals surface area contributed by atoms with Gasteiger partial charge in [0.15, 0.2) is 11.9 Å². The smallest absolute Gasteiger partial charge is 0.311 e. The van der Waals surface area contributed by atoms with Crippen LogP contribution in [-0.2, 0) is 12.8 Å². The number of hydrogen-bond donors (Lipinski definition) is 1. The molecule has 2 heterocycles. The van der Waals surface area contributed by atoms with Crippen LogP contribution in [0.1, 0.15) is 42.6 Å². The van der Waals surface area contributed by atoms with Crippen molar-refractivity contribution in [2.45, 2.75) is 39.2 Å². The van der Waals surface area contributed by atoms with Gasteiger partial charge in [-0.3, -0.25) is 14.9 Å². The molecule has 7 nitrogen and oxygen atoms in total.